The fourth-order valence-corrected chi connectivity index (χ4v) is 3.31. The maximum absolute atomic E-state index is 12.7. The van der Waals surface area contributed by atoms with Gasteiger partial charge in [0.1, 0.15) is 0 Å². The second-order valence-corrected chi connectivity index (χ2v) is 6.61. The van der Waals surface area contributed by atoms with Gasteiger partial charge in [0.05, 0.1) is 25.4 Å². The van der Waals surface area contributed by atoms with Gasteiger partial charge >= 0.3 is 6.03 Å². The van der Waals surface area contributed by atoms with Crippen molar-refractivity contribution in [2.24, 2.45) is 0 Å². The van der Waals surface area contributed by atoms with E-state index in [1.807, 2.05) is 31.1 Å². The third-order valence-corrected chi connectivity index (χ3v) is 4.69. The molecule has 2 aliphatic rings. The van der Waals surface area contributed by atoms with E-state index < -0.39 is 0 Å². The van der Waals surface area contributed by atoms with Gasteiger partial charge in [0.2, 0.25) is 0 Å². The zero-order chi connectivity index (χ0) is 16.9. The van der Waals surface area contributed by atoms with Crippen molar-refractivity contribution in [1.82, 2.24) is 10.2 Å². The first-order valence-electron chi connectivity index (χ1n) is 8.65. The van der Waals surface area contributed by atoms with Gasteiger partial charge in [-0.1, -0.05) is 12.1 Å². The largest absolute Gasteiger partial charge is 0.378 e. The third-order valence-electron chi connectivity index (χ3n) is 4.69. The van der Waals surface area contributed by atoms with Crippen molar-refractivity contribution in [3.63, 3.8) is 0 Å². The minimum Gasteiger partial charge on any atom is -0.378 e. The topological polar surface area (TPSA) is 54.0 Å². The van der Waals surface area contributed by atoms with Crippen LogP contribution in [0, 0.1) is 0 Å². The maximum Gasteiger partial charge on any atom is 0.318 e. The average molecular weight is 333 g/mol. The Labute approximate surface area is 143 Å². The van der Waals surface area contributed by atoms with Crippen LogP contribution in [-0.2, 0) is 16.0 Å². The number of hydrogen-bond donors (Lipinski definition) is 1. The Balaban J connectivity index is 1.59. The van der Waals surface area contributed by atoms with Gasteiger partial charge in [0, 0.05) is 39.5 Å². The van der Waals surface area contributed by atoms with Gasteiger partial charge < -0.3 is 24.6 Å². The molecule has 2 aliphatic heterocycles. The molecule has 2 heterocycles. The molecule has 0 unspecified atom stereocenters. The molecule has 1 aromatic rings. The Morgan fingerprint density at radius 1 is 1.38 bits per heavy atom. The van der Waals surface area contributed by atoms with Crippen LogP contribution < -0.4 is 10.2 Å². The van der Waals surface area contributed by atoms with E-state index in [0.717, 1.165) is 30.7 Å². The molecule has 0 bridgehead atoms. The van der Waals surface area contributed by atoms with Crippen molar-refractivity contribution in [1.29, 1.82) is 0 Å². The Hall–Kier alpha value is -1.79. The molecule has 1 N–H and O–H groups in total. The lowest BCUT2D eigenvalue weighted by molar-refractivity contribution is -0.0473. The van der Waals surface area contributed by atoms with Gasteiger partial charge in [-0.2, -0.15) is 0 Å². The summed E-state index contributed by atoms with van der Waals surface area (Å²) in [5.74, 6) is 0. The highest BCUT2D eigenvalue weighted by molar-refractivity contribution is 5.74. The van der Waals surface area contributed by atoms with Gasteiger partial charge in [-0.25, -0.2) is 4.79 Å². The van der Waals surface area contributed by atoms with Crippen molar-refractivity contribution in [2.75, 3.05) is 45.4 Å². The molecular formula is C18H27N3O3. The van der Waals surface area contributed by atoms with Crippen LogP contribution in [0.3, 0.4) is 0 Å². The third kappa shape index (κ3) is 3.99. The normalized spacial score (nSPS) is 24.0. The minimum atomic E-state index is -0.0333. The molecular weight excluding hydrogens is 306 g/mol. The summed E-state index contributed by atoms with van der Waals surface area (Å²) in [6.45, 7) is 3.08. The molecule has 2 amide bonds. The van der Waals surface area contributed by atoms with E-state index in [-0.39, 0.29) is 18.2 Å². The number of carbonyl (C=O) groups excluding carboxylic acids is 1. The van der Waals surface area contributed by atoms with Gasteiger partial charge in [-0.05, 0) is 30.5 Å². The monoisotopic (exact) mass is 333 g/mol. The van der Waals surface area contributed by atoms with Crippen LogP contribution in [0.1, 0.15) is 18.4 Å². The first kappa shape index (κ1) is 17.0. The number of carbonyl (C=O) groups is 1. The van der Waals surface area contributed by atoms with Crippen LogP contribution in [0.4, 0.5) is 10.5 Å². The standard InChI is InChI=1S/C18H27N3O3/c1-20(2)15-6-3-5-14(11-15)12-19-18(22)21-8-10-23-13-16(21)17-7-4-9-24-17/h3,5-6,11,16-17H,4,7-10,12-13H2,1-2H3,(H,19,22)/t16-,17+/m1/s1. The van der Waals surface area contributed by atoms with Gasteiger partial charge in [0.25, 0.3) is 0 Å². The van der Waals surface area contributed by atoms with Gasteiger partial charge in [-0.3, -0.25) is 0 Å². The predicted molar refractivity (Wildman–Crippen MR) is 93.3 cm³/mol. The molecule has 2 saturated heterocycles. The summed E-state index contributed by atoms with van der Waals surface area (Å²) < 4.78 is 11.3. The van der Waals surface area contributed by atoms with E-state index in [9.17, 15) is 4.79 Å². The number of morpholine rings is 1. The summed E-state index contributed by atoms with van der Waals surface area (Å²) in [6.07, 6.45) is 2.17. The molecule has 3 rings (SSSR count). The van der Waals surface area contributed by atoms with Crippen LogP contribution in [0.2, 0.25) is 0 Å². The highest BCUT2D eigenvalue weighted by Crippen LogP contribution is 2.22. The molecule has 0 aliphatic carbocycles. The van der Waals surface area contributed by atoms with Crippen LogP contribution in [0.25, 0.3) is 0 Å². The van der Waals surface area contributed by atoms with Crippen molar-refractivity contribution >= 4 is 11.7 Å². The predicted octanol–water partition coefficient (Wildman–Crippen LogP) is 1.84. The lowest BCUT2D eigenvalue weighted by Crippen LogP contribution is -2.56. The van der Waals surface area contributed by atoms with Crippen LogP contribution in [0.15, 0.2) is 24.3 Å². The maximum atomic E-state index is 12.7. The molecule has 2 fully saturated rings. The van der Waals surface area contributed by atoms with Crippen molar-refractivity contribution < 1.29 is 14.3 Å². The summed E-state index contributed by atoms with van der Waals surface area (Å²) in [5.41, 5.74) is 2.22. The molecule has 1 aromatic carbocycles. The lowest BCUT2D eigenvalue weighted by Gasteiger charge is -2.38. The Kier molecular flexibility index (Phi) is 5.58. The number of amides is 2. The second-order valence-electron chi connectivity index (χ2n) is 6.61. The SMILES string of the molecule is CN(C)c1cccc(CNC(=O)N2CCOC[C@@H]2[C@@H]2CCCO2)c1. The number of nitrogens with one attached hydrogen (secondary N) is 1. The van der Waals surface area contributed by atoms with Crippen molar-refractivity contribution in [3.8, 4) is 0 Å². The number of anilines is 1. The number of nitrogens with zero attached hydrogens (tertiary/aromatic N) is 2. The number of rotatable bonds is 4. The van der Waals surface area contributed by atoms with E-state index in [1.54, 1.807) is 0 Å². The van der Waals surface area contributed by atoms with E-state index in [2.05, 4.69) is 22.3 Å². The van der Waals surface area contributed by atoms with E-state index in [1.165, 1.54) is 0 Å². The molecule has 24 heavy (non-hydrogen) atoms. The summed E-state index contributed by atoms with van der Waals surface area (Å²) in [5, 5.41) is 3.05. The van der Waals surface area contributed by atoms with Gasteiger partial charge in [-0.15, -0.1) is 0 Å². The quantitative estimate of drug-likeness (QED) is 0.913. The first-order chi connectivity index (χ1) is 11.6. The van der Waals surface area contributed by atoms with E-state index >= 15 is 0 Å². The fraction of sp³-hybridized carbons (Fsp3) is 0.611. The molecule has 2 atom stereocenters. The smallest absolute Gasteiger partial charge is 0.318 e. The van der Waals surface area contributed by atoms with Crippen LogP contribution >= 0.6 is 0 Å². The lowest BCUT2D eigenvalue weighted by atomic mass is 10.1. The number of urea groups is 1. The zero-order valence-corrected chi connectivity index (χ0v) is 14.5. The zero-order valence-electron chi connectivity index (χ0n) is 14.5. The number of ether oxygens (including phenoxy) is 2. The molecule has 0 saturated carbocycles. The highest BCUT2D eigenvalue weighted by atomic mass is 16.5. The molecule has 6 nitrogen and oxygen atoms in total. The Bertz CT molecular complexity index is 558. The Morgan fingerprint density at radius 2 is 2.25 bits per heavy atom. The molecule has 132 valence electrons. The molecule has 6 heteroatoms. The van der Waals surface area contributed by atoms with E-state index in [0.29, 0.717) is 26.3 Å². The summed E-state index contributed by atoms with van der Waals surface area (Å²) in [4.78, 5) is 16.6. The van der Waals surface area contributed by atoms with Crippen LogP contribution in [-0.4, -0.2) is 63.5 Å². The van der Waals surface area contributed by atoms with Crippen LogP contribution in [0.5, 0.6) is 0 Å². The minimum absolute atomic E-state index is 0.0226. The molecule has 0 radical (unpaired) electrons. The number of benzene rings is 1. The van der Waals surface area contributed by atoms with Crippen molar-refractivity contribution in [2.45, 2.75) is 31.5 Å². The second kappa shape index (κ2) is 7.85. The Morgan fingerprint density at radius 3 is 3.00 bits per heavy atom. The number of hydrogen-bond acceptors (Lipinski definition) is 4. The average Bonchev–Trinajstić information content (AvgIpc) is 3.14. The van der Waals surface area contributed by atoms with E-state index in [4.69, 9.17) is 9.47 Å². The van der Waals surface area contributed by atoms with Gasteiger partial charge in [0.15, 0.2) is 0 Å². The highest BCUT2D eigenvalue weighted by Gasteiger charge is 2.35. The molecule has 0 aromatic heterocycles. The summed E-state index contributed by atoms with van der Waals surface area (Å²) in [7, 11) is 4.02. The summed E-state index contributed by atoms with van der Waals surface area (Å²) in [6, 6.07) is 8.19. The summed E-state index contributed by atoms with van der Waals surface area (Å²) >= 11 is 0. The first-order valence-corrected chi connectivity index (χ1v) is 8.65. The van der Waals surface area contributed by atoms with Crippen molar-refractivity contribution in [3.05, 3.63) is 29.8 Å². The molecule has 0 spiro atoms. The fourth-order valence-electron chi connectivity index (χ4n) is 3.31.